The number of piperidine rings is 1. The molecular weight excluding hydrogens is 266 g/mol. The fourth-order valence-electron chi connectivity index (χ4n) is 3.30. The van der Waals surface area contributed by atoms with Gasteiger partial charge in [0, 0.05) is 18.9 Å². The molecule has 6 heteroatoms. The van der Waals surface area contributed by atoms with E-state index in [9.17, 15) is 21.0 Å². The SMILES string of the molecule is CCOC1=C2CNCCC2C(C#N)(C#N)C(C#N)(C#N)C1. The summed E-state index contributed by atoms with van der Waals surface area (Å²) in [6.45, 7) is 3.42. The molecule has 0 aromatic rings. The summed E-state index contributed by atoms with van der Waals surface area (Å²) < 4.78 is 5.61. The van der Waals surface area contributed by atoms with Gasteiger partial charge in [-0.25, -0.2) is 0 Å². The van der Waals surface area contributed by atoms with Crippen LogP contribution in [0.5, 0.6) is 0 Å². The van der Waals surface area contributed by atoms with Crippen LogP contribution >= 0.6 is 0 Å². The van der Waals surface area contributed by atoms with E-state index >= 15 is 0 Å². The smallest absolute Gasteiger partial charge is 0.182 e. The number of rotatable bonds is 2. The second-order valence-electron chi connectivity index (χ2n) is 5.24. The van der Waals surface area contributed by atoms with Gasteiger partial charge in [-0.1, -0.05) is 0 Å². The van der Waals surface area contributed by atoms with Gasteiger partial charge in [-0.2, -0.15) is 21.0 Å². The fourth-order valence-corrected chi connectivity index (χ4v) is 3.30. The van der Waals surface area contributed by atoms with Crippen molar-refractivity contribution in [3.63, 3.8) is 0 Å². The summed E-state index contributed by atoms with van der Waals surface area (Å²) in [5.74, 6) is 0.141. The van der Waals surface area contributed by atoms with Crippen LogP contribution in [0.15, 0.2) is 11.3 Å². The third-order valence-electron chi connectivity index (χ3n) is 4.38. The zero-order valence-electron chi connectivity index (χ0n) is 11.8. The zero-order chi connectivity index (χ0) is 15.5. The van der Waals surface area contributed by atoms with Gasteiger partial charge in [0.05, 0.1) is 36.6 Å². The summed E-state index contributed by atoms with van der Waals surface area (Å²) in [6, 6.07) is 7.88. The van der Waals surface area contributed by atoms with Crippen LogP contribution in [0.4, 0.5) is 0 Å². The third kappa shape index (κ3) is 1.85. The van der Waals surface area contributed by atoms with Crippen molar-refractivity contribution in [2.75, 3.05) is 19.7 Å². The minimum absolute atomic E-state index is 0.0114. The normalized spacial score (nSPS) is 25.5. The minimum Gasteiger partial charge on any atom is -0.498 e. The molecule has 2 aliphatic rings. The number of hydrogen-bond acceptors (Lipinski definition) is 6. The van der Waals surface area contributed by atoms with Crippen molar-refractivity contribution in [3.05, 3.63) is 11.3 Å². The molecule has 0 spiro atoms. The van der Waals surface area contributed by atoms with Crippen LogP contribution in [0.1, 0.15) is 19.8 Å². The maximum Gasteiger partial charge on any atom is 0.182 e. The monoisotopic (exact) mass is 281 g/mol. The van der Waals surface area contributed by atoms with Gasteiger partial charge in [0.1, 0.15) is 0 Å². The van der Waals surface area contributed by atoms with Gasteiger partial charge in [-0.3, -0.25) is 0 Å². The molecule has 1 aliphatic heterocycles. The van der Waals surface area contributed by atoms with E-state index in [0.717, 1.165) is 5.57 Å². The lowest BCUT2D eigenvalue weighted by molar-refractivity contribution is 0.108. The first-order chi connectivity index (χ1) is 10.1. The Balaban J connectivity index is 2.71. The number of fused-ring (bicyclic) bond motifs is 1. The first-order valence-corrected chi connectivity index (χ1v) is 6.85. The van der Waals surface area contributed by atoms with Gasteiger partial charge in [0.25, 0.3) is 0 Å². The highest BCUT2D eigenvalue weighted by atomic mass is 16.5. The number of nitrogens with one attached hydrogen (secondary N) is 1. The van der Waals surface area contributed by atoms with Crippen LogP contribution in [0.25, 0.3) is 0 Å². The average Bonchev–Trinajstić information content (AvgIpc) is 2.55. The maximum absolute atomic E-state index is 9.64. The second kappa shape index (κ2) is 5.45. The van der Waals surface area contributed by atoms with E-state index in [-0.39, 0.29) is 6.42 Å². The molecule has 0 saturated carbocycles. The van der Waals surface area contributed by atoms with Crippen molar-refractivity contribution in [3.8, 4) is 24.3 Å². The van der Waals surface area contributed by atoms with E-state index in [1.165, 1.54) is 0 Å². The van der Waals surface area contributed by atoms with Crippen molar-refractivity contribution < 1.29 is 4.74 Å². The maximum atomic E-state index is 9.64. The molecule has 2 rings (SSSR count). The number of nitriles is 4. The summed E-state index contributed by atoms with van der Waals surface area (Å²) >= 11 is 0. The van der Waals surface area contributed by atoms with Crippen molar-refractivity contribution in [1.82, 2.24) is 5.32 Å². The molecule has 0 amide bonds. The summed E-state index contributed by atoms with van der Waals surface area (Å²) in [7, 11) is 0. The molecule has 0 bridgehead atoms. The first kappa shape index (κ1) is 14.9. The van der Waals surface area contributed by atoms with E-state index in [1.54, 1.807) is 0 Å². The van der Waals surface area contributed by atoms with Crippen LogP contribution in [-0.4, -0.2) is 19.7 Å². The molecule has 1 aliphatic carbocycles. The molecule has 0 radical (unpaired) electrons. The van der Waals surface area contributed by atoms with Crippen molar-refractivity contribution in [1.29, 1.82) is 21.0 Å². The van der Waals surface area contributed by atoms with Crippen LogP contribution in [0.3, 0.4) is 0 Å². The fraction of sp³-hybridized carbons (Fsp3) is 0.600. The van der Waals surface area contributed by atoms with Gasteiger partial charge in [-0.15, -0.1) is 0 Å². The number of nitrogens with zero attached hydrogens (tertiary/aromatic N) is 4. The molecule has 1 unspecified atom stereocenters. The Kier molecular flexibility index (Phi) is 3.86. The Bertz CT molecular complexity index is 609. The topological polar surface area (TPSA) is 116 Å². The Morgan fingerprint density at radius 1 is 1.19 bits per heavy atom. The summed E-state index contributed by atoms with van der Waals surface area (Å²) in [5, 5.41) is 41.6. The Labute approximate surface area is 123 Å². The standard InChI is InChI=1S/C15H15N5O/c1-2-21-13-5-14(7-16,8-17)15(9-18,10-19)12-3-4-20-6-11(12)13/h12,20H,2-6H2,1H3. The molecule has 1 atom stereocenters. The summed E-state index contributed by atoms with van der Waals surface area (Å²) in [6.07, 6.45) is 0.528. The minimum atomic E-state index is -1.69. The van der Waals surface area contributed by atoms with Crippen molar-refractivity contribution in [2.45, 2.75) is 19.8 Å². The lowest BCUT2D eigenvalue weighted by atomic mass is 9.52. The highest BCUT2D eigenvalue weighted by Gasteiger charge is 2.63. The van der Waals surface area contributed by atoms with E-state index in [4.69, 9.17) is 4.74 Å². The predicted octanol–water partition coefficient (Wildman–Crippen LogP) is 1.36. The number of hydrogen-bond donors (Lipinski definition) is 1. The highest BCUT2D eigenvalue weighted by Crippen LogP contribution is 2.56. The van der Waals surface area contributed by atoms with Gasteiger partial charge in [0.15, 0.2) is 10.8 Å². The number of ether oxygens (including phenoxy) is 1. The molecule has 1 N–H and O–H groups in total. The molecule has 0 aromatic heterocycles. The summed E-state index contributed by atoms with van der Waals surface area (Å²) in [5.41, 5.74) is -2.48. The van der Waals surface area contributed by atoms with Crippen LogP contribution in [0.2, 0.25) is 0 Å². The first-order valence-electron chi connectivity index (χ1n) is 6.85. The summed E-state index contributed by atoms with van der Waals surface area (Å²) in [4.78, 5) is 0. The van der Waals surface area contributed by atoms with E-state index in [2.05, 4.69) is 5.32 Å². The number of allylic oxidation sites excluding steroid dienone is 1. The molecule has 1 saturated heterocycles. The Morgan fingerprint density at radius 2 is 1.86 bits per heavy atom. The van der Waals surface area contributed by atoms with Gasteiger partial charge in [0.2, 0.25) is 0 Å². The largest absolute Gasteiger partial charge is 0.498 e. The molecule has 21 heavy (non-hydrogen) atoms. The van der Waals surface area contributed by atoms with Crippen LogP contribution < -0.4 is 5.32 Å². The molecule has 106 valence electrons. The van der Waals surface area contributed by atoms with E-state index in [0.29, 0.717) is 31.9 Å². The zero-order valence-corrected chi connectivity index (χ0v) is 11.8. The Morgan fingerprint density at radius 3 is 2.38 bits per heavy atom. The van der Waals surface area contributed by atoms with Gasteiger partial charge >= 0.3 is 0 Å². The molecule has 6 nitrogen and oxygen atoms in total. The van der Waals surface area contributed by atoms with Crippen LogP contribution in [0, 0.1) is 62.1 Å². The molecule has 0 aromatic carbocycles. The average molecular weight is 281 g/mol. The second-order valence-corrected chi connectivity index (χ2v) is 5.24. The van der Waals surface area contributed by atoms with E-state index < -0.39 is 16.7 Å². The highest BCUT2D eigenvalue weighted by molar-refractivity contribution is 5.45. The van der Waals surface area contributed by atoms with Gasteiger partial charge < -0.3 is 10.1 Å². The molecular formula is C15H15N5O. The Hall–Kier alpha value is -2.54. The van der Waals surface area contributed by atoms with E-state index in [1.807, 2.05) is 31.2 Å². The molecule has 1 fully saturated rings. The van der Waals surface area contributed by atoms with Crippen LogP contribution in [-0.2, 0) is 4.74 Å². The third-order valence-corrected chi connectivity index (χ3v) is 4.38. The van der Waals surface area contributed by atoms with Crippen molar-refractivity contribution in [2.24, 2.45) is 16.7 Å². The molecule has 1 heterocycles. The van der Waals surface area contributed by atoms with Crippen molar-refractivity contribution >= 4 is 0 Å². The lowest BCUT2D eigenvalue weighted by Gasteiger charge is -2.45. The predicted molar refractivity (Wildman–Crippen MR) is 71.6 cm³/mol. The van der Waals surface area contributed by atoms with Gasteiger partial charge in [-0.05, 0) is 25.5 Å². The quantitative estimate of drug-likeness (QED) is 0.816. The lowest BCUT2D eigenvalue weighted by Crippen LogP contribution is -2.52.